The molecule has 0 saturated heterocycles. The predicted octanol–water partition coefficient (Wildman–Crippen LogP) is 2.97. The minimum atomic E-state index is -3.81. The lowest BCUT2D eigenvalue weighted by Gasteiger charge is -2.07. The van der Waals surface area contributed by atoms with Gasteiger partial charge in [-0.1, -0.05) is 23.2 Å². The molecule has 0 amide bonds. The number of anilines is 1. The summed E-state index contributed by atoms with van der Waals surface area (Å²) >= 11 is 11.6. The van der Waals surface area contributed by atoms with Gasteiger partial charge in [0.15, 0.2) is 5.03 Å². The Balaban J connectivity index is 2.30. The molecule has 0 atom stereocenters. The second-order valence-electron chi connectivity index (χ2n) is 4.35. The van der Waals surface area contributed by atoms with E-state index in [1.807, 2.05) is 13.8 Å². The van der Waals surface area contributed by atoms with Gasteiger partial charge >= 0.3 is 0 Å². The van der Waals surface area contributed by atoms with Crippen molar-refractivity contribution < 1.29 is 8.42 Å². The number of aromatic nitrogens is 3. The van der Waals surface area contributed by atoms with Crippen molar-refractivity contribution in [1.82, 2.24) is 14.5 Å². The number of sulfonamides is 1. The lowest BCUT2D eigenvalue weighted by Crippen LogP contribution is -2.14. The zero-order valence-electron chi connectivity index (χ0n) is 10.7. The molecule has 0 aliphatic rings. The molecule has 2 aromatic heterocycles. The van der Waals surface area contributed by atoms with Gasteiger partial charge in [-0.3, -0.25) is 4.72 Å². The van der Waals surface area contributed by atoms with Gasteiger partial charge in [-0.2, -0.15) is 8.42 Å². The van der Waals surface area contributed by atoms with Gasteiger partial charge in [0.1, 0.15) is 5.15 Å². The van der Waals surface area contributed by atoms with E-state index in [0.717, 1.165) is 0 Å². The lowest BCUT2D eigenvalue weighted by molar-refractivity contribution is 0.591. The van der Waals surface area contributed by atoms with Crippen LogP contribution in [0.4, 0.5) is 5.69 Å². The molecule has 0 radical (unpaired) electrons. The average Bonchev–Trinajstić information content (AvgIpc) is 2.83. The zero-order chi connectivity index (χ0) is 14.9. The quantitative estimate of drug-likeness (QED) is 0.872. The van der Waals surface area contributed by atoms with E-state index in [1.165, 1.54) is 24.8 Å². The van der Waals surface area contributed by atoms with Crippen molar-refractivity contribution in [3.63, 3.8) is 0 Å². The molecule has 2 heterocycles. The van der Waals surface area contributed by atoms with Crippen molar-refractivity contribution in [3.05, 3.63) is 35.0 Å². The van der Waals surface area contributed by atoms with Crippen molar-refractivity contribution in [3.8, 4) is 0 Å². The van der Waals surface area contributed by atoms with E-state index in [1.54, 1.807) is 4.57 Å². The summed E-state index contributed by atoms with van der Waals surface area (Å²) in [5.74, 6) is 0. The summed E-state index contributed by atoms with van der Waals surface area (Å²) in [6.07, 6.45) is 4.16. The third-order valence-corrected chi connectivity index (χ3v) is 4.28. The number of nitrogens with zero attached hydrogens (tertiary/aromatic N) is 3. The van der Waals surface area contributed by atoms with E-state index >= 15 is 0 Å². The Morgan fingerprint density at radius 1 is 1.30 bits per heavy atom. The first kappa shape index (κ1) is 15.1. The molecule has 6 nitrogen and oxygen atoms in total. The number of pyridine rings is 1. The van der Waals surface area contributed by atoms with Crippen molar-refractivity contribution >= 4 is 38.9 Å². The molecule has 1 N–H and O–H groups in total. The summed E-state index contributed by atoms with van der Waals surface area (Å²) < 4.78 is 28.4. The Hall–Kier alpha value is -1.31. The summed E-state index contributed by atoms with van der Waals surface area (Å²) in [6.45, 7) is 3.84. The topological polar surface area (TPSA) is 76.9 Å². The molecular weight excluding hydrogens is 323 g/mol. The van der Waals surface area contributed by atoms with Gasteiger partial charge < -0.3 is 4.57 Å². The third kappa shape index (κ3) is 3.23. The van der Waals surface area contributed by atoms with Crippen LogP contribution in [0.5, 0.6) is 0 Å². The van der Waals surface area contributed by atoms with Crippen LogP contribution in [0, 0.1) is 0 Å². The molecule has 2 rings (SSSR count). The highest BCUT2D eigenvalue weighted by Crippen LogP contribution is 2.25. The second-order valence-corrected chi connectivity index (χ2v) is 6.77. The summed E-state index contributed by atoms with van der Waals surface area (Å²) in [5.41, 5.74) is 0.148. The van der Waals surface area contributed by atoms with Crippen LogP contribution in [0.15, 0.2) is 29.8 Å². The van der Waals surface area contributed by atoms with Gasteiger partial charge in [-0.05, 0) is 19.9 Å². The van der Waals surface area contributed by atoms with E-state index in [9.17, 15) is 8.42 Å². The fraction of sp³-hybridized carbons (Fsp3) is 0.273. The molecular formula is C11H12Cl2N4O2S. The average molecular weight is 335 g/mol. The molecule has 9 heteroatoms. The molecule has 0 aliphatic carbocycles. The van der Waals surface area contributed by atoms with E-state index in [4.69, 9.17) is 23.2 Å². The fourth-order valence-electron chi connectivity index (χ4n) is 1.42. The highest BCUT2D eigenvalue weighted by atomic mass is 35.5. The van der Waals surface area contributed by atoms with Crippen LogP contribution in [0.25, 0.3) is 0 Å². The van der Waals surface area contributed by atoms with E-state index in [-0.39, 0.29) is 26.9 Å². The van der Waals surface area contributed by atoms with Gasteiger partial charge in [0, 0.05) is 12.2 Å². The van der Waals surface area contributed by atoms with Gasteiger partial charge in [0.05, 0.1) is 23.2 Å². The Labute approximate surface area is 126 Å². The maximum atomic E-state index is 12.2. The Bertz CT molecular complexity index is 728. The van der Waals surface area contributed by atoms with Crippen LogP contribution in [0.1, 0.15) is 19.9 Å². The minimum Gasteiger partial charge on any atom is -0.334 e. The number of rotatable bonds is 4. The number of nitrogens with one attached hydrogen (secondary N) is 1. The van der Waals surface area contributed by atoms with Crippen LogP contribution in [-0.4, -0.2) is 23.0 Å². The summed E-state index contributed by atoms with van der Waals surface area (Å²) in [7, 11) is -3.81. The van der Waals surface area contributed by atoms with Gasteiger partial charge in [-0.25, -0.2) is 9.97 Å². The Morgan fingerprint density at radius 2 is 2.00 bits per heavy atom. The van der Waals surface area contributed by atoms with Crippen molar-refractivity contribution in [1.29, 1.82) is 0 Å². The smallest absolute Gasteiger partial charge is 0.281 e. The van der Waals surface area contributed by atoms with Crippen molar-refractivity contribution in [2.24, 2.45) is 0 Å². The summed E-state index contributed by atoms with van der Waals surface area (Å²) in [4.78, 5) is 7.66. The first-order chi connectivity index (χ1) is 9.29. The summed E-state index contributed by atoms with van der Waals surface area (Å²) in [5, 5.41) is 0.260. The predicted molar refractivity (Wildman–Crippen MR) is 77.7 cm³/mol. The monoisotopic (exact) mass is 334 g/mol. The van der Waals surface area contributed by atoms with Gasteiger partial charge in [0.25, 0.3) is 10.0 Å². The number of imidazole rings is 1. The third-order valence-electron chi connectivity index (χ3n) is 2.51. The van der Waals surface area contributed by atoms with Crippen LogP contribution in [-0.2, 0) is 10.0 Å². The number of halogens is 2. The summed E-state index contributed by atoms with van der Waals surface area (Å²) in [6, 6.07) is 1.47. The molecule has 2 aromatic rings. The minimum absolute atomic E-state index is 0.0859. The molecule has 0 unspecified atom stereocenters. The SMILES string of the molecule is CC(C)n1cnc(S(=O)(=O)Nc2cnc(Cl)cc2Cl)c1. The van der Waals surface area contributed by atoms with E-state index in [0.29, 0.717) is 0 Å². The molecule has 0 aromatic carbocycles. The fourth-order valence-corrected chi connectivity index (χ4v) is 2.89. The molecule has 0 spiro atoms. The number of hydrogen-bond donors (Lipinski definition) is 1. The Kier molecular flexibility index (Phi) is 4.22. The zero-order valence-corrected chi connectivity index (χ0v) is 13.0. The van der Waals surface area contributed by atoms with Crippen molar-refractivity contribution in [2.45, 2.75) is 24.9 Å². The second kappa shape index (κ2) is 5.59. The Morgan fingerprint density at radius 3 is 2.55 bits per heavy atom. The van der Waals surface area contributed by atoms with Crippen LogP contribution in [0.2, 0.25) is 10.2 Å². The largest absolute Gasteiger partial charge is 0.334 e. The van der Waals surface area contributed by atoms with Crippen molar-refractivity contribution in [2.75, 3.05) is 4.72 Å². The lowest BCUT2D eigenvalue weighted by atomic mass is 10.4. The standard InChI is InChI=1S/C11H12Cl2N4O2S/c1-7(2)17-5-11(15-6-17)20(18,19)16-9-4-14-10(13)3-8(9)12/h3-7,16H,1-2H3. The van der Waals surface area contributed by atoms with Crippen LogP contribution < -0.4 is 4.72 Å². The highest BCUT2D eigenvalue weighted by Gasteiger charge is 2.19. The first-order valence-corrected chi connectivity index (χ1v) is 7.91. The van der Waals surface area contributed by atoms with E-state index in [2.05, 4.69) is 14.7 Å². The maximum absolute atomic E-state index is 12.2. The van der Waals surface area contributed by atoms with Gasteiger partial charge in [0.2, 0.25) is 0 Å². The van der Waals surface area contributed by atoms with E-state index < -0.39 is 10.0 Å². The first-order valence-electron chi connectivity index (χ1n) is 5.67. The highest BCUT2D eigenvalue weighted by molar-refractivity contribution is 7.92. The number of hydrogen-bond acceptors (Lipinski definition) is 4. The maximum Gasteiger partial charge on any atom is 0.281 e. The molecule has 0 saturated carbocycles. The molecule has 20 heavy (non-hydrogen) atoms. The van der Waals surface area contributed by atoms with Crippen LogP contribution in [0.3, 0.4) is 0 Å². The molecule has 0 aliphatic heterocycles. The van der Waals surface area contributed by atoms with Gasteiger partial charge in [-0.15, -0.1) is 0 Å². The molecule has 0 bridgehead atoms. The molecule has 108 valence electrons. The normalized spacial score (nSPS) is 11.8. The van der Waals surface area contributed by atoms with Crippen LogP contribution >= 0.6 is 23.2 Å². The molecule has 0 fully saturated rings.